The second kappa shape index (κ2) is 7.83. The van der Waals surface area contributed by atoms with Gasteiger partial charge in [-0.2, -0.15) is 0 Å². The molecule has 1 heterocycles. The monoisotopic (exact) mass is 339 g/mol. The topological polar surface area (TPSA) is 64.6 Å². The lowest BCUT2D eigenvalue weighted by Crippen LogP contribution is -2.23. The fourth-order valence-corrected chi connectivity index (χ4v) is 2.68. The Kier molecular flexibility index (Phi) is 5.33. The van der Waals surface area contributed by atoms with E-state index in [1.807, 2.05) is 31.2 Å². The Balaban J connectivity index is 1.50. The first-order valence-electron chi connectivity index (χ1n) is 8.37. The van der Waals surface area contributed by atoms with Gasteiger partial charge < -0.3 is 14.8 Å². The molecule has 0 aliphatic carbocycles. The first-order valence-corrected chi connectivity index (χ1v) is 8.37. The van der Waals surface area contributed by atoms with Crippen molar-refractivity contribution in [3.63, 3.8) is 0 Å². The Labute approximate surface area is 147 Å². The van der Waals surface area contributed by atoms with E-state index in [2.05, 4.69) is 5.32 Å². The molecule has 0 aromatic heterocycles. The minimum Gasteiger partial charge on any atom is -0.486 e. The van der Waals surface area contributed by atoms with Gasteiger partial charge in [0.2, 0.25) is 5.91 Å². The van der Waals surface area contributed by atoms with E-state index in [4.69, 9.17) is 9.47 Å². The molecule has 0 saturated carbocycles. The Morgan fingerprint density at radius 3 is 2.56 bits per heavy atom. The molecule has 0 atom stereocenters. The van der Waals surface area contributed by atoms with Gasteiger partial charge in [-0.25, -0.2) is 0 Å². The number of amides is 1. The Hall–Kier alpha value is -2.82. The zero-order valence-electron chi connectivity index (χ0n) is 14.2. The van der Waals surface area contributed by atoms with Crippen molar-refractivity contribution in [2.75, 3.05) is 13.2 Å². The molecule has 0 spiro atoms. The van der Waals surface area contributed by atoms with Gasteiger partial charge in [0.05, 0.1) is 0 Å². The molecule has 1 N–H and O–H groups in total. The number of ether oxygens (including phenoxy) is 2. The molecule has 2 aromatic carbocycles. The van der Waals surface area contributed by atoms with E-state index in [-0.39, 0.29) is 24.5 Å². The average Bonchev–Trinajstić information content (AvgIpc) is 2.65. The molecule has 5 nitrogen and oxygen atoms in total. The Morgan fingerprint density at radius 2 is 1.76 bits per heavy atom. The second-order valence-corrected chi connectivity index (χ2v) is 5.98. The minimum absolute atomic E-state index is 0.0805. The van der Waals surface area contributed by atoms with Gasteiger partial charge in [-0.3, -0.25) is 9.59 Å². The molecule has 1 aliphatic rings. The van der Waals surface area contributed by atoms with Gasteiger partial charge in [-0.1, -0.05) is 24.3 Å². The number of carbonyl (C=O) groups is 2. The van der Waals surface area contributed by atoms with Crippen LogP contribution in [0.15, 0.2) is 42.5 Å². The molecule has 1 amide bonds. The molecular weight excluding hydrogens is 318 g/mol. The van der Waals surface area contributed by atoms with E-state index < -0.39 is 0 Å². The summed E-state index contributed by atoms with van der Waals surface area (Å²) in [7, 11) is 0. The average molecular weight is 339 g/mol. The van der Waals surface area contributed by atoms with Crippen LogP contribution in [0.2, 0.25) is 0 Å². The van der Waals surface area contributed by atoms with Crippen LogP contribution in [0.4, 0.5) is 0 Å². The van der Waals surface area contributed by atoms with E-state index in [0.29, 0.717) is 36.8 Å². The quantitative estimate of drug-likeness (QED) is 0.822. The molecular formula is C20H21NO4. The van der Waals surface area contributed by atoms with Crippen molar-refractivity contribution in [2.24, 2.45) is 0 Å². The van der Waals surface area contributed by atoms with E-state index in [0.717, 1.165) is 11.1 Å². The Morgan fingerprint density at radius 1 is 1.00 bits per heavy atom. The maximum absolute atomic E-state index is 12.3. The summed E-state index contributed by atoms with van der Waals surface area (Å²) in [6.07, 6.45) is 0.332. The van der Waals surface area contributed by atoms with Crippen molar-refractivity contribution >= 4 is 11.7 Å². The number of hydrogen-bond acceptors (Lipinski definition) is 4. The summed E-state index contributed by atoms with van der Waals surface area (Å²) in [6, 6.07) is 13.0. The lowest BCUT2D eigenvalue weighted by atomic mass is 10.1. The van der Waals surface area contributed by atoms with Crippen molar-refractivity contribution in [1.29, 1.82) is 0 Å². The van der Waals surface area contributed by atoms with Gasteiger partial charge in [-0.05, 0) is 36.2 Å². The largest absolute Gasteiger partial charge is 0.486 e. The number of benzene rings is 2. The molecule has 0 saturated heterocycles. The molecule has 130 valence electrons. The third-order valence-corrected chi connectivity index (χ3v) is 4.18. The van der Waals surface area contributed by atoms with Gasteiger partial charge >= 0.3 is 0 Å². The molecule has 0 fully saturated rings. The molecule has 0 bridgehead atoms. The molecule has 1 aliphatic heterocycles. The number of ketones is 1. The van der Waals surface area contributed by atoms with E-state index in [1.54, 1.807) is 18.2 Å². The van der Waals surface area contributed by atoms with Gasteiger partial charge in [0, 0.05) is 24.9 Å². The van der Waals surface area contributed by atoms with Crippen LogP contribution in [0.25, 0.3) is 0 Å². The fraction of sp³-hybridized carbons (Fsp3) is 0.300. The zero-order valence-corrected chi connectivity index (χ0v) is 14.2. The van der Waals surface area contributed by atoms with Gasteiger partial charge in [0.1, 0.15) is 13.2 Å². The van der Waals surface area contributed by atoms with E-state index >= 15 is 0 Å². The predicted octanol–water partition coefficient (Wildman–Crippen LogP) is 3.05. The molecule has 0 radical (unpaired) electrons. The molecule has 3 rings (SSSR count). The molecule has 0 unspecified atom stereocenters. The zero-order chi connectivity index (χ0) is 17.6. The highest BCUT2D eigenvalue weighted by atomic mass is 16.6. The van der Waals surface area contributed by atoms with Crippen LogP contribution in [0.1, 0.15) is 34.3 Å². The van der Waals surface area contributed by atoms with Crippen LogP contribution < -0.4 is 14.8 Å². The number of carbonyl (C=O) groups excluding carboxylic acids is 2. The van der Waals surface area contributed by atoms with Crippen LogP contribution in [-0.4, -0.2) is 24.9 Å². The second-order valence-electron chi connectivity index (χ2n) is 5.98. The van der Waals surface area contributed by atoms with Crippen LogP contribution in [0.5, 0.6) is 11.5 Å². The number of rotatable bonds is 6. The predicted molar refractivity (Wildman–Crippen MR) is 94.0 cm³/mol. The van der Waals surface area contributed by atoms with Crippen molar-refractivity contribution in [3.8, 4) is 11.5 Å². The highest BCUT2D eigenvalue weighted by molar-refractivity contribution is 5.98. The van der Waals surface area contributed by atoms with Crippen molar-refractivity contribution in [1.82, 2.24) is 5.32 Å². The van der Waals surface area contributed by atoms with Gasteiger partial charge in [0.25, 0.3) is 0 Å². The Bertz CT molecular complexity index is 785. The summed E-state index contributed by atoms with van der Waals surface area (Å²) >= 11 is 0. The molecule has 2 aromatic rings. The highest BCUT2D eigenvalue weighted by Crippen LogP contribution is 2.31. The van der Waals surface area contributed by atoms with E-state index in [9.17, 15) is 9.59 Å². The third-order valence-electron chi connectivity index (χ3n) is 4.18. The maximum Gasteiger partial charge on any atom is 0.220 e. The summed E-state index contributed by atoms with van der Waals surface area (Å²) in [6.45, 7) is 3.48. The van der Waals surface area contributed by atoms with Crippen LogP contribution >= 0.6 is 0 Å². The lowest BCUT2D eigenvalue weighted by Gasteiger charge is -2.18. The number of aryl methyl sites for hydroxylation is 1. The number of nitrogens with one attached hydrogen (secondary N) is 1. The SMILES string of the molecule is Cc1ccccc1CNC(=O)CCC(=O)c1ccc2c(c1)OCCO2. The normalized spacial score (nSPS) is 12.5. The number of hydrogen-bond donors (Lipinski definition) is 1. The van der Waals surface area contributed by atoms with Gasteiger partial charge in [-0.15, -0.1) is 0 Å². The fourth-order valence-electron chi connectivity index (χ4n) is 2.68. The highest BCUT2D eigenvalue weighted by Gasteiger charge is 2.15. The third kappa shape index (κ3) is 4.38. The smallest absolute Gasteiger partial charge is 0.220 e. The summed E-state index contributed by atoms with van der Waals surface area (Å²) in [5, 5.41) is 2.86. The first-order chi connectivity index (χ1) is 12.1. The standard InChI is InChI=1S/C20H21NO4/c1-14-4-2-3-5-16(14)13-21-20(23)9-7-17(22)15-6-8-18-19(12-15)25-11-10-24-18/h2-6,8,12H,7,9-11,13H2,1H3,(H,21,23). The first kappa shape index (κ1) is 17.0. The summed E-state index contributed by atoms with van der Waals surface area (Å²) < 4.78 is 10.9. The maximum atomic E-state index is 12.3. The number of fused-ring (bicyclic) bond motifs is 1. The summed E-state index contributed by atoms with van der Waals surface area (Å²) in [5.41, 5.74) is 2.75. The van der Waals surface area contributed by atoms with Crippen molar-refractivity contribution in [3.05, 3.63) is 59.2 Å². The summed E-state index contributed by atoms with van der Waals surface area (Å²) in [5.74, 6) is 1.03. The lowest BCUT2D eigenvalue weighted by molar-refractivity contribution is -0.121. The van der Waals surface area contributed by atoms with Crippen LogP contribution in [0.3, 0.4) is 0 Å². The van der Waals surface area contributed by atoms with Crippen molar-refractivity contribution < 1.29 is 19.1 Å². The number of Topliss-reactive ketones (excluding diaryl/α,β-unsaturated/α-hetero) is 1. The molecule has 5 heteroatoms. The van der Waals surface area contributed by atoms with Crippen LogP contribution in [0, 0.1) is 6.92 Å². The molecule has 25 heavy (non-hydrogen) atoms. The van der Waals surface area contributed by atoms with Gasteiger partial charge in [0.15, 0.2) is 17.3 Å². The minimum atomic E-state index is -0.130. The summed E-state index contributed by atoms with van der Waals surface area (Å²) in [4.78, 5) is 24.3. The van der Waals surface area contributed by atoms with E-state index in [1.165, 1.54) is 0 Å². The van der Waals surface area contributed by atoms with Crippen LogP contribution in [-0.2, 0) is 11.3 Å². The van der Waals surface area contributed by atoms with Crippen molar-refractivity contribution in [2.45, 2.75) is 26.3 Å².